The zero-order valence-electron chi connectivity index (χ0n) is 11.0. The Balaban J connectivity index is 1.69. The van der Waals surface area contributed by atoms with E-state index in [0.29, 0.717) is 23.4 Å². The first-order chi connectivity index (χ1) is 8.29. The average Bonchev–Trinajstić information content (AvgIpc) is 2.38. The summed E-state index contributed by atoms with van der Waals surface area (Å²) in [6.45, 7) is 1.11. The molecule has 2 fully saturated rings. The van der Waals surface area contributed by atoms with Crippen molar-refractivity contribution in [3.05, 3.63) is 0 Å². The Morgan fingerprint density at radius 2 is 1.94 bits per heavy atom. The van der Waals surface area contributed by atoms with Gasteiger partial charge in [0.15, 0.2) is 0 Å². The fourth-order valence-electron chi connectivity index (χ4n) is 3.25. The predicted octanol–water partition coefficient (Wildman–Crippen LogP) is 3.33. The van der Waals surface area contributed by atoms with Gasteiger partial charge in [0.25, 0.3) is 0 Å². The summed E-state index contributed by atoms with van der Waals surface area (Å²) in [7, 11) is 1.84. The molecule has 1 N–H and O–H groups in total. The van der Waals surface area contributed by atoms with Gasteiger partial charge in [0.05, 0.1) is 6.10 Å². The highest BCUT2D eigenvalue weighted by atomic mass is 35.5. The third kappa shape index (κ3) is 4.11. The summed E-state index contributed by atoms with van der Waals surface area (Å²) in [4.78, 5) is 0. The third-order valence-corrected chi connectivity index (χ3v) is 5.02. The lowest BCUT2D eigenvalue weighted by molar-refractivity contribution is 0.0579. The molecule has 0 heterocycles. The second kappa shape index (κ2) is 6.96. The fraction of sp³-hybridized carbons (Fsp3) is 1.00. The Bertz CT molecular complexity index is 224. The van der Waals surface area contributed by atoms with Gasteiger partial charge < -0.3 is 10.1 Å². The third-order valence-electron chi connectivity index (χ3n) is 4.44. The van der Waals surface area contributed by atoms with Crippen molar-refractivity contribution in [3.63, 3.8) is 0 Å². The molecule has 0 aromatic carbocycles. The first-order valence-corrected chi connectivity index (χ1v) is 7.63. The standard InChI is InChI=1S/C14H26ClNO/c1-17-13-7-4-6-12(9-13)16-10-11-5-2-3-8-14(11)15/h11-14,16H,2-10H2,1H3. The Hall–Kier alpha value is 0.210. The molecule has 2 aliphatic rings. The van der Waals surface area contributed by atoms with Gasteiger partial charge in [-0.25, -0.2) is 0 Å². The Morgan fingerprint density at radius 1 is 1.12 bits per heavy atom. The van der Waals surface area contributed by atoms with Crippen molar-refractivity contribution in [2.75, 3.05) is 13.7 Å². The molecule has 100 valence electrons. The van der Waals surface area contributed by atoms with Crippen LogP contribution in [-0.4, -0.2) is 31.2 Å². The van der Waals surface area contributed by atoms with Crippen molar-refractivity contribution in [1.29, 1.82) is 0 Å². The zero-order valence-corrected chi connectivity index (χ0v) is 11.7. The number of halogens is 1. The van der Waals surface area contributed by atoms with Gasteiger partial charge in [0.1, 0.15) is 0 Å². The monoisotopic (exact) mass is 259 g/mol. The Kier molecular flexibility index (Phi) is 5.58. The van der Waals surface area contributed by atoms with Gasteiger partial charge >= 0.3 is 0 Å². The van der Waals surface area contributed by atoms with Crippen LogP contribution >= 0.6 is 11.6 Å². The van der Waals surface area contributed by atoms with E-state index < -0.39 is 0 Å². The lowest BCUT2D eigenvalue weighted by atomic mass is 9.87. The Morgan fingerprint density at radius 3 is 2.71 bits per heavy atom. The molecule has 17 heavy (non-hydrogen) atoms. The van der Waals surface area contributed by atoms with Gasteiger partial charge in [-0.1, -0.05) is 12.8 Å². The summed E-state index contributed by atoms with van der Waals surface area (Å²) in [5.41, 5.74) is 0. The molecule has 2 aliphatic carbocycles. The van der Waals surface area contributed by atoms with Gasteiger partial charge in [0, 0.05) is 18.5 Å². The number of alkyl halides is 1. The molecule has 0 aromatic heterocycles. The van der Waals surface area contributed by atoms with Crippen molar-refractivity contribution in [2.45, 2.75) is 68.9 Å². The van der Waals surface area contributed by atoms with Crippen molar-refractivity contribution in [1.82, 2.24) is 5.32 Å². The molecule has 3 heteroatoms. The van der Waals surface area contributed by atoms with Gasteiger partial charge in [-0.3, -0.25) is 0 Å². The maximum Gasteiger partial charge on any atom is 0.0586 e. The molecule has 2 rings (SSSR count). The molecule has 0 radical (unpaired) electrons. The smallest absolute Gasteiger partial charge is 0.0586 e. The van der Waals surface area contributed by atoms with Crippen LogP contribution in [0.1, 0.15) is 51.4 Å². The molecule has 4 atom stereocenters. The maximum atomic E-state index is 6.39. The topological polar surface area (TPSA) is 21.3 Å². The fourth-order valence-corrected chi connectivity index (χ4v) is 3.62. The van der Waals surface area contributed by atoms with Crippen molar-refractivity contribution in [3.8, 4) is 0 Å². The predicted molar refractivity (Wildman–Crippen MR) is 72.7 cm³/mol. The van der Waals surface area contributed by atoms with Gasteiger partial charge in [-0.15, -0.1) is 11.6 Å². The van der Waals surface area contributed by atoms with E-state index in [0.717, 1.165) is 6.54 Å². The second-order valence-corrected chi connectivity index (χ2v) is 6.25. The molecule has 4 unspecified atom stereocenters. The number of nitrogens with one attached hydrogen (secondary N) is 1. The molecule has 0 aromatic rings. The van der Waals surface area contributed by atoms with Gasteiger partial charge in [-0.2, -0.15) is 0 Å². The molecule has 0 saturated heterocycles. The molecule has 2 saturated carbocycles. The van der Waals surface area contributed by atoms with Crippen LogP contribution in [-0.2, 0) is 4.74 Å². The summed E-state index contributed by atoms with van der Waals surface area (Å²) in [5, 5.41) is 4.12. The summed E-state index contributed by atoms with van der Waals surface area (Å²) in [6.07, 6.45) is 10.7. The van der Waals surface area contributed by atoms with Crippen LogP contribution in [0.4, 0.5) is 0 Å². The van der Waals surface area contributed by atoms with E-state index in [1.807, 2.05) is 7.11 Å². The van der Waals surface area contributed by atoms with Gasteiger partial charge in [0.2, 0.25) is 0 Å². The SMILES string of the molecule is COC1CCCC(NCC2CCCCC2Cl)C1. The number of hydrogen-bond donors (Lipinski definition) is 1. The van der Waals surface area contributed by atoms with E-state index in [2.05, 4.69) is 5.32 Å². The number of rotatable bonds is 4. The van der Waals surface area contributed by atoms with E-state index in [1.165, 1.54) is 51.4 Å². The minimum Gasteiger partial charge on any atom is -0.381 e. The average molecular weight is 260 g/mol. The largest absolute Gasteiger partial charge is 0.381 e. The highest BCUT2D eigenvalue weighted by Crippen LogP contribution is 2.28. The highest BCUT2D eigenvalue weighted by Gasteiger charge is 2.26. The minimum atomic E-state index is 0.401. The van der Waals surface area contributed by atoms with E-state index in [-0.39, 0.29) is 0 Å². The first kappa shape index (κ1) is 13.6. The van der Waals surface area contributed by atoms with Crippen LogP contribution in [0.2, 0.25) is 0 Å². The molecule has 0 aliphatic heterocycles. The van der Waals surface area contributed by atoms with Crippen molar-refractivity contribution < 1.29 is 4.74 Å². The Labute approximate surface area is 110 Å². The lowest BCUT2D eigenvalue weighted by Gasteiger charge is -2.32. The quantitative estimate of drug-likeness (QED) is 0.782. The molecular weight excluding hydrogens is 234 g/mol. The molecule has 0 bridgehead atoms. The van der Waals surface area contributed by atoms with E-state index in [9.17, 15) is 0 Å². The molecule has 0 spiro atoms. The van der Waals surface area contributed by atoms with Crippen molar-refractivity contribution in [2.24, 2.45) is 5.92 Å². The van der Waals surface area contributed by atoms with Crippen LogP contribution in [0.15, 0.2) is 0 Å². The lowest BCUT2D eigenvalue weighted by Crippen LogP contribution is -2.41. The van der Waals surface area contributed by atoms with Crippen LogP contribution in [0.25, 0.3) is 0 Å². The van der Waals surface area contributed by atoms with E-state index in [4.69, 9.17) is 16.3 Å². The van der Waals surface area contributed by atoms with Crippen molar-refractivity contribution >= 4 is 11.6 Å². The zero-order chi connectivity index (χ0) is 12.1. The summed E-state index contributed by atoms with van der Waals surface area (Å²) >= 11 is 6.39. The first-order valence-electron chi connectivity index (χ1n) is 7.20. The number of ether oxygens (including phenoxy) is 1. The van der Waals surface area contributed by atoms with Crippen LogP contribution in [0, 0.1) is 5.92 Å². The number of hydrogen-bond acceptors (Lipinski definition) is 2. The van der Waals surface area contributed by atoms with Crippen LogP contribution < -0.4 is 5.32 Å². The normalized spacial score (nSPS) is 39.2. The van der Waals surface area contributed by atoms with E-state index in [1.54, 1.807) is 0 Å². The second-order valence-electron chi connectivity index (χ2n) is 5.69. The summed E-state index contributed by atoms with van der Waals surface area (Å²) in [5.74, 6) is 0.688. The summed E-state index contributed by atoms with van der Waals surface area (Å²) in [6, 6.07) is 0.652. The van der Waals surface area contributed by atoms with E-state index >= 15 is 0 Å². The highest BCUT2D eigenvalue weighted by molar-refractivity contribution is 6.20. The number of methoxy groups -OCH3 is 1. The molecule has 0 amide bonds. The van der Waals surface area contributed by atoms with Gasteiger partial charge in [-0.05, 0) is 51.0 Å². The summed E-state index contributed by atoms with van der Waals surface area (Å²) < 4.78 is 5.47. The molecular formula is C14H26ClNO. The molecule has 2 nitrogen and oxygen atoms in total. The maximum absolute atomic E-state index is 6.39. The van der Waals surface area contributed by atoms with Crippen LogP contribution in [0.5, 0.6) is 0 Å². The minimum absolute atomic E-state index is 0.401. The van der Waals surface area contributed by atoms with Crippen LogP contribution in [0.3, 0.4) is 0 Å².